The predicted molar refractivity (Wildman–Crippen MR) is 57.8 cm³/mol. The van der Waals surface area contributed by atoms with Crippen molar-refractivity contribution in [3.8, 4) is 0 Å². The van der Waals surface area contributed by atoms with Gasteiger partial charge in [0.1, 0.15) is 0 Å². The van der Waals surface area contributed by atoms with Crippen molar-refractivity contribution in [2.45, 2.75) is 13.8 Å². The molecular weight excluding hydrogens is 174 g/mol. The summed E-state index contributed by atoms with van der Waals surface area (Å²) in [5.41, 5.74) is 4.15. The summed E-state index contributed by atoms with van der Waals surface area (Å²) in [6.07, 6.45) is 0.942. The van der Waals surface area contributed by atoms with Crippen LogP contribution in [-0.4, -0.2) is 10.9 Å². The van der Waals surface area contributed by atoms with E-state index in [9.17, 15) is 4.79 Å². The molecule has 0 aliphatic carbocycles. The van der Waals surface area contributed by atoms with E-state index >= 15 is 0 Å². The van der Waals surface area contributed by atoms with Gasteiger partial charge in [-0.25, -0.2) is 0 Å². The molecule has 0 amide bonds. The number of carbonyl (C=O) groups excluding carboxylic acids is 1. The lowest BCUT2D eigenvalue weighted by atomic mass is 10.1. The van der Waals surface area contributed by atoms with Gasteiger partial charge in [0.15, 0.2) is 6.29 Å². The quantitative estimate of drug-likeness (QED) is 0.629. The van der Waals surface area contributed by atoms with Gasteiger partial charge in [-0.05, 0) is 26.0 Å². The molecule has 2 nitrogen and oxygen atoms in total. The SMILES string of the molecule is Cc1ccc2c(c1)c(C=O)c(C)n2C. The fourth-order valence-corrected chi connectivity index (χ4v) is 1.86. The molecule has 1 aromatic carbocycles. The zero-order chi connectivity index (χ0) is 10.3. The van der Waals surface area contributed by atoms with Crippen LogP contribution in [0.1, 0.15) is 21.6 Å². The molecule has 0 saturated carbocycles. The van der Waals surface area contributed by atoms with Crippen LogP contribution in [-0.2, 0) is 7.05 Å². The van der Waals surface area contributed by atoms with E-state index in [-0.39, 0.29) is 0 Å². The van der Waals surface area contributed by atoms with Crippen LogP contribution in [0.25, 0.3) is 10.9 Å². The highest BCUT2D eigenvalue weighted by atomic mass is 16.1. The van der Waals surface area contributed by atoms with Crippen LogP contribution in [0, 0.1) is 13.8 Å². The van der Waals surface area contributed by atoms with Crippen LogP contribution in [0.15, 0.2) is 18.2 Å². The molecule has 0 atom stereocenters. The molecule has 14 heavy (non-hydrogen) atoms. The topological polar surface area (TPSA) is 22.0 Å². The maximum absolute atomic E-state index is 11.0. The Morgan fingerprint density at radius 1 is 1.29 bits per heavy atom. The zero-order valence-corrected chi connectivity index (χ0v) is 8.66. The summed E-state index contributed by atoms with van der Waals surface area (Å²) in [5.74, 6) is 0. The minimum absolute atomic E-state index is 0.811. The van der Waals surface area contributed by atoms with Crippen molar-refractivity contribution in [1.29, 1.82) is 0 Å². The van der Waals surface area contributed by atoms with Crippen molar-refractivity contribution >= 4 is 17.2 Å². The van der Waals surface area contributed by atoms with Crippen molar-refractivity contribution in [3.63, 3.8) is 0 Å². The molecule has 0 N–H and O–H groups in total. The van der Waals surface area contributed by atoms with Crippen molar-refractivity contribution in [2.24, 2.45) is 7.05 Å². The van der Waals surface area contributed by atoms with E-state index in [1.807, 2.05) is 20.9 Å². The summed E-state index contributed by atoms with van der Waals surface area (Å²) in [6.45, 7) is 4.01. The molecule has 1 aromatic heterocycles. The number of nitrogens with zero attached hydrogens (tertiary/aromatic N) is 1. The highest BCUT2D eigenvalue weighted by Crippen LogP contribution is 2.24. The molecule has 0 radical (unpaired) electrons. The Balaban J connectivity index is 2.96. The molecule has 0 spiro atoms. The van der Waals surface area contributed by atoms with Crippen molar-refractivity contribution in [2.75, 3.05) is 0 Å². The molecule has 0 unspecified atom stereocenters. The van der Waals surface area contributed by atoms with Gasteiger partial charge in [0.25, 0.3) is 0 Å². The first-order valence-corrected chi connectivity index (χ1v) is 4.66. The molecule has 0 aliphatic rings. The Bertz CT molecular complexity index is 509. The number of aldehydes is 1. The molecule has 2 aromatic rings. The van der Waals surface area contributed by atoms with Gasteiger partial charge in [-0.3, -0.25) is 4.79 Å². The Hall–Kier alpha value is -1.57. The zero-order valence-electron chi connectivity index (χ0n) is 8.66. The number of aromatic nitrogens is 1. The second-order valence-corrected chi connectivity index (χ2v) is 3.70. The lowest BCUT2D eigenvalue weighted by molar-refractivity contribution is 0.112. The number of benzene rings is 1. The van der Waals surface area contributed by atoms with Gasteiger partial charge in [-0.15, -0.1) is 0 Å². The van der Waals surface area contributed by atoms with Crippen LogP contribution >= 0.6 is 0 Å². The lowest BCUT2D eigenvalue weighted by Gasteiger charge is -1.98. The van der Waals surface area contributed by atoms with E-state index in [0.717, 1.165) is 28.4 Å². The van der Waals surface area contributed by atoms with Gasteiger partial charge in [-0.2, -0.15) is 0 Å². The van der Waals surface area contributed by atoms with E-state index in [1.54, 1.807) is 0 Å². The van der Waals surface area contributed by atoms with E-state index in [4.69, 9.17) is 0 Å². The highest BCUT2D eigenvalue weighted by Gasteiger charge is 2.10. The number of fused-ring (bicyclic) bond motifs is 1. The summed E-state index contributed by atoms with van der Waals surface area (Å²) < 4.78 is 2.05. The van der Waals surface area contributed by atoms with Crippen LogP contribution in [0.4, 0.5) is 0 Å². The molecule has 2 heteroatoms. The van der Waals surface area contributed by atoms with E-state index < -0.39 is 0 Å². The molecular formula is C12H13NO. The van der Waals surface area contributed by atoms with Crippen LogP contribution in [0.3, 0.4) is 0 Å². The van der Waals surface area contributed by atoms with E-state index in [0.29, 0.717) is 0 Å². The maximum atomic E-state index is 11.0. The van der Waals surface area contributed by atoms with Crippen molar-refractivity contribution < 1.29 is 4.79 Å². The highest BCUT2D eigenvalue weighted by molar-refractivity contribution is 5.99. The normalized spacial score (nSPS) is 10.8. The molecule has 72 valence electrons. The monoisotopic (exact) mass is 187 g/mol. The average Bonchev–Trinajstić information content (AvgIpc) is 2.39. The second-order valence-electron chi connectivity index (χ2n) is 3.70. The fourth-order valence-electron chi connectivity index (χ4n) is 1.86. The smallest absolute Gasteiger partial charge is 0.152 e. The first kappa shape index (κ1) is 9.00. The van der Waals surface area contributed by atoms with Gasteiger partial charge >= 0.3 is 0 Å². The Labute approximate surface area is 83.2 Å². The summed E-state index contributed by atoms with van der Waals surface area (Å²) in [7, 11) is 1.99. The molecule has 0 fully saturated rings. The molecule has 2 rings (SSSR count). The molecule has 0 saturated heterocycles. The lowest BCUT2D eigenvalue weighted by Crippen LogP contribution is -1.91. The number of hydrogen-bond acceptors (Lipinski definition) is 1. The summed E-state index contributed by atoms with van der Waals surface area (Å²) >= 11 is 0. The van der Waals surface area contributed by atoms with Crippen molar-refractivity contribution in [3.05, 3.63) is 35.0 Å². The standard InChI is InChI=1S/C12H13NO/c1-8-4-5-12-10(6-8)11(7-14)9(2)13(12)3/h4-7H,1-3H3. The van der Waals surface area contributed by atoms with Crippen LogP contribution in [0.2, 0.25) is 0 Å². The predicted octanol–water partition coefficient (Wildman–Crippen LogP) is 2.61. The molecule has 0 aliphatic heterocycles. The van der Waals surface area contributed by atoms with Gasteiger partial charge in [0, 0.05) is 29.2 Å². The van der Waals surface area contributed by atoms with E-state index in [2.05, 4.69) is 22.8 Å². The minimum Gasteiger partial charge on any atom is -0.347 e. The number of rotatable bonds is 1. The number of aryl methyl sites for hydroxylation is 2. The first-order valence-electron chi connectivity index (χ1n) is 4.66. The summed E-state index contributed by atoms with van der Waals surface area (Å²) in [4.78, 5) is 11.0. The first-order chi connectivity index (χ1) is 6.65. The fraction of sp³-hybridized carbons (Fsp3) is 0.250. The third-order valence-electron chi connectivity index (χ3n) is 2.81. The van der Waals surface area contributed by atoms with Gasteiger partial charge in [0.2, 0.25) is 0 Å². The second kappa shape index (κ2) is 2.98. The molecule has 1 heterocycles. The van der Waals surface area contributed by atoms with Gasteiger partial charge in [0.05, 0.1) is 0 Å². The maximum Gasteiger partial charge on any atom is 0.152 e. The third kappa shape index (κ3) is 1.07. The summed E-state index contributed by atoms with van der Waals surface area (Å²) in [6, 6.07) is 6.19. The Kier molecular flexibility index (Phi) is 1.92. The Morgan fingerprint density at radius 2 is 2.00 bits per heavy atom. The van der Waals surface area contributed by atoms with Crippen LogP contribution in [0.5, 0.6) is 0 Å². The number of carbonyl (C=O) groups is 1. The molecule has 0 bridgehead atoms. The van der Waals surface area contributed by atoms with E-state index in [1.165, 1.54) is 5.56 Å². The summed E-state index contributed by atoms with van der Waals surface area (Å²) in [5, 5.41) is 1.06. The average molecular weight is 187 g/mol. The third-order valence-corrected chi connectivity index (χ3v) is 2.81. The van der Waals surface area contributed by atoms with Crippen LogP contribution < -0.4 is 0 Å². The number of hydrogen-bond donors (Lipinski definition) is 0. The Morgan fingerprint density at radius 3 is 2.64 bits per heavy atom. The minimum atomic E-state index is 0.811. The van der Waals surface area contributed by atoms with Gasteiger partial charge in [-0.1, -0.05) is 11.6 Å². The largest absolute Gasteiger partial charge is 0.347 e. The van der Waals surface area contributed by atoms with Gasteiger partial charge < -0.3 is 4.57 Å². The van der Waals surface area contributed by atoms with Crippen molar-refractivity contribution in [1.82, 2.24) is 4.57 Å².